The third-order valence-electron chi connectivity index (χ3n) is 2.52. The van der Waals surface area contributed by atoms with Gasteiger partial charge in [-0.2, -0.15) is 0 Å². The number of phenolic OH excluding ortho intramolecular Hbond substituents is 1. The van der Waals surface area contributed by atoms with Crippen molar-refractivity contribution in [3.8, 4) is 11.5 Å². The third kappa shape index (κ3) is 6.26. The Morgan fingerprint density at radius 3 is 2.17 bits per heavy atom. The van der Waals surface area contributed by atoms with E-state index in [1.54, 1.807) is 12.1 Å². The van der Waals surface area contributed by atoms with E-state index in [0.29, 0.717) is 5.69 Å². The van der Waals surface area contributed by atoms with Crippen molar-refractivity contribution < 1.29 is 37.7 Å². The molecule has 0 amide bonds. The molecular formula is C15H12F3NO5. The summed E-state index contributed by atoms with van der Waals surface area (Å²) in [5.74, 6) is -1.87. The van der Waals surface area contributed by atoms with Crippen LogP contribution < -0.4 is 10.5 Å². The van der Waals surface area contributed by atoms with Crippen LogP contribution in [-0.4, -0.2) is 28.8 Å². The van der Waals surface area contributed by atoms with Crippen LogP contribution in [0.5, 0.6) is 11.5 Å². The number of carboxylic acid groups (broad SMARTS) is 1. The van der Waals surface area contributed by atoms with E-state index < -0.39 is 23.8 Å². The van der Waals surface area contributed by atoms with Gasteiger partial charge in [0.05, 0.1) is 11.1 Å². The summed E-state index contributed by atoms with van der Waals surface area (Å²) in [7, 11) is 0. The van der Waals surface area contributed by atoms with E-state index in [0.717, 1.165) is 18.2 Å². The molecule has 2 aromatic rings. The minimum absolute atomic E-state index is 0.235. The Morgan fingerprint density at radius 2 is 1.71 bits per heavy atom. The molecular weight excluding hydrogens is 331 g/mol. The lowest BCUT2D eigenvalue weighted by Crippen LogP contribution is -2.17. The molecule has 0 radical (unpaired) electrons. The fourth-order valence-electron chi connectivity index (χ4n) is 1.45. The number of rotatable bonds is 3. The number of carbonyl (C=O) groups excluding carboxylic acids is 1. The van der Waals surface area contributed by atoms with E-state index in [1.165, 1.54) is 12.1 Å². The molecule has 0 atom stereocenters. The third-order valence-corrected chi connectivity index (χ3v) is 2.52. The maximum Gasteiger partial charge on any atom is 0.573 e. The monoisotopic (exact) mass is 343 g/mol. The zero-order chi connectivity index (χ0) is 18.3. The van der Waals surface area contributed by atoms with Crippen LogP contribution in [0.1, 0.15) is 20.7 Å². The van der Waals surface area contributed by atoms with Gasteiger partial charge < -0.3 is 20.7 Å². The van der Waals surface area contributed by atoms with E-state index in [9.17, 15) is 22.8 Å². The Labute approximate surface area is 133 Å². The molecule has 4 N–H and O–H groups in total. The normalized spacial score (nSPS) is 10.3. The Balaban J connectivity index is 0.000000254. The average Bonchev–Trinajstić information content (AvgIpc) is 2.49. The van der Waals surface area contributed by atoms with Crippen molar-refractivity contribution in [1.82, 2.24) is 0 Å². The first-order valence-electron chi connectivity index (χ1n) is 6.25. The molecule has 0 saturated heterocycles. The molecule has 0 aliphatic heterocycles. The molecule has 0 aliphatic rings. The number of phenols is 1. The first kappa shape index (κ1) is 18.8. The minimum Gasteiger partial charge on any atom is -0.507 e. The van der Waals surface area contributed by atoms with Crippen molar-refractivity contribution in [1.29, 1.82) is 0 Å². The van der Waals surface area contributed by atoms with E-state index in [4.69, 9.17) is 15.9 Å². The summed E-state index contributed by atoms with van der Waals surface area (Å²) in [5, 5.41) is 17.4. The molecule has 0 fully saturated rings. The van der Waals surface area contributed by atoms with Gasteiger partial charge in [-0.1, -0.05) is 0 Å². The molecule has 0 bridgehead atoms. The largest absolute Gasteiger partial charge is 0.573 e. The highest BCUT2D eigenvalue weighted by molar-refractivity contribution is 5.87. The van der Waals surface area contributed by atoms with Crippen LogP contribution in [0.25, 0.3) is 0 Å². The molecule has 0 unspecified atom stereocenters. The van der Waals surface area contributed by atoms with Gasteiger partial charge in [-0.3, -0.25) is 4.79 Å². The van der Waals surface area contributed by atoms with Crippen LogP contribution in [0.4, 0.5) is 18.9 Å². The van der Waals surface area contributed by atoms with Crippen molar-refractivity contribution in [2.24, 2.45) is 0 Å². The molecule has 9 heteroatoms. The summed E-state index contributed by atoms with van der Waals surface area (Å²) in [4.78, 5) is 20.5. The molecule has 0 spiro atoms. The Morgan fingerprint density at radius 1 is 1.12 bits per heavy atom. The van der Waals surface area contributed by atoms with E-state index in [2.05, 4.69) is 4.74 Å². The Bertz CT molecular complexity index is 714. The van der Waals surface area contributed by atoms with Gasteiger partial charge in [0, 0.05) is 5.69 Å². The second kappa shape index (κ2) is 7.86. The molecule has 0 saturated carbocycles. The zero-order valence-corrected chi connectivity index (χ0v) is 11.9. The predicted molar refractivity (Wildman–Crippen MR) is 78.0 cm³/mol. The van der Waals surface area contributed by atoms with E-state index in [1.807, 2.05) is 0 Å². The number of benzene rings is 2. The number of aromatic carboxylic acids is 1. The Kier molecular flexibility index (Phi) is 6.16. The van der Waals surface area contributed by atoms with Crippen molar-refractivity contribution in [3.05, 3.63) is 53.6 Å². The lowest BCUT2D eigenvalue weighted by Gasteiger charge is -2.09. The lowest BCUT2D eigenvalue weighted by molar-refractivity contribution is -0.274. The highest BCUT2D eigenvalue weighted by Crippen LogP contribution is 2.26. The maximum atomic E-state index is 11.7. The molecule has 24 heavy (non-hydrogen) atoms. The van der Waals surface area contributed by atoms with Crippen LogP contribution in [-0.2, 0) is 0 Å². The second-order valence-corrected chi connectivity index (χ2v) is 4.31. The van der Waals surface area contributed by atoms with Crippen molar-refractivity contribution in [3.63, 3.8) is 0 Å². The van der Waals surface area contributed by atoms with Gasteiger partial charge in [0.25, 0.3) is 0 Å². The molecule has 2 aromatic carbocycles. The number of aromatic hydroxyl groups is 1. The topological polar surface area (TPSA) is 110 Å². The van der Waals surface area contributed by atoms with Crippen LogP contribution in [0.3, 0.4) is 0 Å². The maximum absolute atomic E-state index is 11.7. The summed E-state index contributed by atoms with van der Waals surface area (Å²) in [6, 6.07) is 8.72. The standard InChI is InChI=1S/C8H5F3O3.C7H7NO2/c9-8(10,11)14-6-1-2-7(13)5(3-6)4-12;8-6-3-1-5(2-4-6)7(9)10/h1-4,13H;1-4H,8H2,(H,9,10). The second-order valence-electron chi connectivity index (χ2n) is 4.31. The van der Waals surface area contributed by atoms with Crippen LogP contribution in [0.15, 0.2) is 42.5 Å². The quantitative estimate of drug-likeness (QED) is 0.584. The first-order chi connectivity index (χ1) is 11.1. The summed E-state index contributed by atoms with van der Waals surface area (Å²) >= 11 is 0. The van der Waals surface area contributed by atoms with Crippen LogP contribution >= 0.6 is 0 Å². The number of carboxylic acids is 1. The SMILES string of the molecule is Nc1ccc(C(=O)O)cc1.O=Cc1cc(OC(F)(F)F)ccc1O. The summed E-state index contributed by atoms with van der Waals surface area (Å²) < 4.78 is 38.6. The van der Waals surface area contributed by atoms with Gasteiger partial charge in [-0.15, -0.1) is 13.2 Å². The van der Waals surface area contributed by atoms with Crippen molar-refractivity contribution in [2.75, 3.05) is 5.73 Å². The molecule has 0 aliphatic carbocycles. The fourth-order valence-corrected chi connectivity index (χ4v) is 1.45. The summed E-state index contributed by atoms with van der Waals surface area (Å²) in [5.41, 5.74) is 5.91. The van der Waals surface area contributed by atoms with Gasteiger partial charge >= 0.3 is 12.3 Å². The summed E-state index contributed by atoms with van der Waals surface area (Å²) in [6.07, 6.45) is -4.57. The number of nitrogens with two attached hydrogens (primary N) is 1. The summed E-state index contributed by atoms with van der Waals surface area (Å²) in [6.45, 7) is 0. The van der Waals surface area contributed by atoms with Crippen molar-refractivity contribution in [2.45, 2.75) is 6.36 Å². The number of ether oxygens (including phenoxy) is 1. The van der Waals surface area contributed by atoms with Gasteiger partial charge in [-0.25, -0.2) is 4.79 Å². The molecule has 0 heterocycles. The van der Waals surface area contributed by atoms with E-state index >= 15 is 0 Å². The number of anilines is 1. The van der Waals surface area contributed by atoms with Crippen molar-refractivity contribution >= 4 is 17.9 Å². The van der Waals surface area contributed by atoms with Gasteiger partial charge in [0.1, 0.15) is 11.5 Å². The molecule has 6 nitrogen and oxygen atoms in total. The zero-order valence-electron chi connectivity index (χ0n) is 11.9. The number of hydrogen-bond donors (Lipinski definition) is 3. The number of halogens is 3. The number of alkyl halides is 3. The first-order valence-corrected chi connectivity index (χ1v) is 6.25. The van der Waals surface area contributed by atoms with Crippen LogP contribution in [0.2, 0.25) is 0 Å². The minimum atomic E-state index is -4.81. The molecule has 128 valence electrons. The smallest absolute Gasteiger partial charge is 0.507 e. The Hall–Kier alpha value is -3.23. The number of hydrogen-bond acceptors (Lipinski definition) is 5. The molecule has 0 aromatic heterocycles. The van der Waals surface area contributed by atoms with E-state index in [-0.39, 0.29) is 17.4 Å². The highest BCUT2D eigenvalue weighted by atomic mass is 19.4. The van der Waals surface area contributed by atoms with Crippen LogP contribution in [0, 0.1) is 0 Å². The fraction of sp³-hybridized carbons (Fsp3) is 0.0667. The lowest BCUT2D eigenvalue weighted by atomic mass is 10.2. The van der Waals surface area contributed by atoms with Gasteiger partial charge in [-0.05, 0) is 42.5 Å². The predicted octanol–water partition coefficient (Wildman–Crippen LogP) is 3.07. The van der Waals surface area contributed by atoms with Gasteiger partial charge in [0.2, 0.25) is 0 Å². The average molecular weight is 343 g/mol. The highest BCUT2D eigenvalue weighted by Gasteiger charge is 2.31. The number of carbonyl (C=O) groups is 2. The molecule has 2 rings (SSSR count). The van der Waals surface area contributed by atoms with Gasteiger partial charge in [0.15, 0.2) is 6.29 Å². The number of nitrogen functional groups attached to an aromatic ring is 1. The number of aldehydes is 1.